The molecule has 1 heterocycles. The van der Waals surface area contributed by atoms with Gasteiger partial charge in [-0.15, -0.1) is 0 Å². The van der Waals surface area contributed by atoms with Crippen LogP contribution in [0.3, 0.4) is 0 Å². The fourth-order valence-electron chi connectivity index (χ4n) is 3.12. The lowest BCUT2D eigenvalue weighted by atomic mass is 10.1. The molecule has 6 heteroatoms. The van der Waals surface area contributed by atoms with E-state index in [4.69, 9.17) is 9.47 Å². The summed E-state index contributed by atoms with van der Waals surface area (Å²) in [5.74, 6) is 1.25. The van der Waals surface area contributed by atoms with Gasteiger partial charge in [0.25, 0.3) is 11.8 Å². The van der Waals surface area contributed by atoms with Gasteiger partial charge in [0.05, 0.1) is 0 Å². The maximum Gasteiger partial charge on any atom is 0.260 e. The zero-order valence-corrected chi connectivity index (χ0v) is 17.3. The predicted octanol–water partition coefficient (Wildman–Crippen LogP) is 2.74. The number of benzene rings is 2. The number of hydrogen-bond donors (Lipinski definition) is 0. The van der Waals surface area contributed by atoms with Crippen molar-refractivity contribution in [3.8, 4) is 11.5 Å². The average Bonchev–Trinajstić information content (AvgIpc) is 2.74. The minimum absolute atomic E-state index is 0.00684. The molecule has 0 aliphatic carbocycles. The highest BCUT2D eigenvalue weighted by molar-refractivity contribution is 5.80. The molecular weight excluding hydrogens is 368 g/mol. The lowest BCUT2D eigenvalue weighted by molar-refractivity contribution is -0.141. The number of rotatable bonds is 6. The Morgan fingerprint density at radius 3 is 1.72 bits per heavy atom. The Morgan fingerprint density at radius 1 is 0.724 bits per heavy atom. The molecule has 0 spiro atoms. The third kappa shape index (κ3) is 5.73. The molecule has 0 saturated carbocycles. The summed E-state index contributed by atoms with van der Waals surface area (Å²) in [6, 6.07) is 13.4. The van der Waals surface area contributed by atoms with Crippen molar-refractivity contribution in [1.29, 1.82) is 0 Å². The van der Waals surface area contributed by atoms with Gasteiger partial charge in [-0.2, -0.15) is 0 Å². The van der Waals surface area contributed by atoms with Gasteiger partial charge in [0.1, 0.15) is 11.5 Å². The number of carbonyl (C=O) groups is 2. The molecule has 2 aromatic carbocycles. The Hall–Kier alpha value is -3.02. The largest absolute Gasteiger partial charge is 0.484 e. The number of carbonyl (C=O) groups excluding carboxylic acids is 2. The summed E-state index contributed by atoms with van der Waals surface area (Å²) < 4.78 is 11.2. The molecule has 1 saturated heterocycles. The van der Waals surface area contributed by atoms with Gasteiger partial charge in [-0.25, -0.2) is 0 Å². The maximum absolute atomic E-state index is 12.4. The number of amides is 2. The Bertz CT molecular complexity index is 856. The van der Waals surface area contributed by atoms with Gasteiger partial charge in [0.2, 0.25) is 0 Å². The molecule has 0 bridgehead atoms. The molecule has 2 amide bonds. The molecule has 154 valence electrons. The van der Waals surface area contributed by atoms with Gasteiger partial charge in [-0.3, -0.25) is 9.59 Å². The smallest absolute Gasteiger partial charge is 0.260 e. The molecule has 29 heavy (non-hydrogen) atoms. The highest BCUT2D eigenvalue weighted by Crippen LogP contribution is 2.17. The number of nitrogens with zero attached hydrogens (tertiary/aromatic N) is 2. The summed E-state index contributed by atoms with van der Waals surface area (Å²) in [6.07, 6.45) is 0. The van der Waals surface area contributed by atoms with E-state index >= 15 is 0 Å². The molecule has 0 radical (unpaired) electrons. The normalized spacial score (nSPS) is 13.9. The summed E-state index contributed by atoms with van der Waals surface area (Å²) in [6.45, 7) is 8.09. The molecule has 0 unspecified atom stereocenters. The molecule has 0 atom stereocenters. The van der Waals surface area contributed by atoms with Crippen molar-refractivity contribution in [1.82, 2.24) is 9.80 Å². The third-order valence-electron chi connectivity index (χ3n) is 5.21. The van der Waals surface area contributed by atoms with Crippen LogP contribution in [-0.4, -0.2) is 61.0 Å². The van der Waals surface area contributed by atoms with Crippen LogP contribution in [-0.2, 0) is 9.59 Å². The monoisotopic (exact) mass is 396 g/mol. The van der Waals surface area contributed by atoms with Crippen LogP contribution >= 0.6 is 0 Å². The molecule has 1 aliphatic heterocycles. The quantitative estimate of drug-likeness (QED) is 0.753. The molecule has 0 aromatic heterocycles. The van der Waals surface area contributed by atoms with Crippen molar-refractivity contribution < 1.29 is 19.1 Å². The van der Waals surface area contributed by atoms with E-state index in [1.54, 1.807) is 9.80 Å². The minimum atomic E-state index is -0.0657. The lowest BCUT2D eigenvalue weighted by Crippen LogP contribution is -2.52. The van der Waals surface area contributed by atoms with Crippen molar-refractivity contribution >= 4 is 11.8 Å². The van der Waals surface area contributed by atoms with E-state index in [1.165, 1.54) is 5.56 Å². The first-order valence-electron chi connectivity index (χ1n) is 9.87. The van der Waals surface area contributed by atoms with E-state index in [-0.39, 0.29) is 25.0 Å². The summed E-state index contributed by atoms with van der Waals surface area (Å²) >= 11 is 0. The second kappa shape index (κ2) is 9.45. The first-order chi connectivity index (χ1) is 13.9. The van der Waals surface area contributed by atoms with Crippen LogP contribution in [0.5, 0.6) is 11.5 Å². The fraction of sp³-hybridized carbons (Fsp3) is 0.391. The van der Waals surface area contributed by atoms with E-state index in [9.17, 15) is 9.59 Å². The predicted molar refractivity (Wildman–Crippen MR) is 111 cm³/mol. The first kappa shape index (κ1) is 20.7. The maximum atomic E-state index is 12.4. The van der Waals surface area contributed by atoms with Gasteiger partial charge in [-0.1, -0.05) is 23.8 Å². The molecular formula is C23H28N2O4. The standard InChI is InChI=1S/C23H28N2O4/c1-17-4-7-20(8-5-17)28-15-22(26)24-10-12-25(13-11-24)23(27)16-29-21-9-6-18(2)19(3)14-21/h4-9,14H,10-13,15-16H2,1-3H3. The molecule has 1 aliphatic rings. The van der Waals surface area contributed by atoms with Crippen LogP contribution in [0.15, 0.2) is 42.5 Å². The first-order valence-corrected chi connectivity index (χ1v) is 9.87. The van der Waals surface area contributed by atoms with E-state index in [2.05, 4.69) is 0 Å². The Labute approximate surface area is 172 Å². The highest BCUT2D eigenvalue weighted by Gasteiger charge is 2.24. The molecule has 6 nitrogen and oxygen atoms in total. The second-order valence-electron chi connectivity index (χ2n) is 7.40. The number of ether oxygens (including phenoxy) is 2. The van der Waals surface area contributed by atoms with Crippen LogP contribution in [0.2, 0.25) is 0 Å². The third-order valence-corrected chi connectivity index (χ3v) is 5.21. The zero-order chi connectivity index (χ0) is 20.8. The zero-order valence-electron chi connectivity index (χ0n) is 17.3. The summed E-state index contributed by atoms with van der Waals surface area (Å²) in [4.78, 5) is 28.2. The molecule has 3 rings (SSSR count). The molecule has 2 aromatic rings. The van der Waals surface area contributed by atoms with E-state index < -0.39 is 0 Å². The van der Waals surface area contributed by atoms with Crippen LogP contribution < -0.4 is 9.47 Å². The summed E-state index contributed by atoms with van der Waals surface area (Å²) in [5, 5.41) is 0. The van der Waals surface area contributed by atoms with Gasteiger partial charge >= 0.3 is 0 Å². The van der Waals surface area contributed by atoms with Crippen LogP contribution in [0.4, 0.5) is 0 Å². The van der Waals surface area contributed by atoms with Crippen LogP contribution in [0.25, 0.3) is 0 Å². The van der Waals surface area contributed by atoms with Crippen LogP contribution in [0, 0.1) is 20.8 Å². The second-order valence-corrected chi connectivity index (χ2v) is 7.40. The van der Waals surface area contributed by atoms with Crippen molar-refractivity contribution in [2.75, 3.05) is 39.4 Å². The van der Waals surface area contributed by atoms with Crippen molar-refractivity contribution in [2.24, 2.45) is 0 Å². The van der Waals surface area contributed by atoms with E-state index in [1.807, 2.05) is 63.2 Å². The Morgan fingerprint density at radius 2 is 1.21 bits per heavy atom. The van der Waals surface area contributed by atoms with Crippen molar-refractivity contribution in [3.63, 3.8) is 0 Å². The number of piperazine rings is 1. The lowest BCUT2D eigenvalue weighted by Gasteiger charge is -2.34. The van der Waals surface area contributed by atoms with Crippen molar-refractivity contribution in [3.05, 3.63) is 59.2 Å². The van der Waals surface area contributed by atoms with Gasteiger partial charge < -0.3 is 19.3 Å². The topological polar surface area (TPSA) is 59.1 Å². The number of hydrogen-bond acceptors (Lipinski definition) is 4. The summed E-state index contributed by atoms with van der Waals surface area (Å²) in [7, 11) is 0. The Balaban J connectivity index is 1.40. The van der Waals surface area contributed by atoms with Gasteiger partial charge in [0.15, 0.2) is 13.2 Å². The fourth-order valence-corrected chi connectivity index (χ4v) is 3.12. The average molecular weight is 396 g/mol. The van der Waals surface area contributed by atoms with Gasteiger partial charge in [-0.05, 0) is 56.2 Å². The highest BCUT2D eigenvalue weighted by atomic mass is 16.5. The van der Waals surface area contributed by atoms with E-state index in [0.29, 0.717) is 37.7 Å². The Kier molecular flexibility index (Phi) is 6.75. The van der Waals surface area contributed by atoms with E-state index in [0.717, 1.165) is 11.1 Å². The SMILES string of the molecule is Cc1ccc(OCC(=O)N2CCN(C(=O)COc3ccc(C)c(C)c3)CC2)cc1. The van der Waals surface area contributed by atoms with Gasteiger partial charge in [0, 0.05) is 26.2 Å². The molecule has 0 N–H and O–H groups in total. The minimum Gasteiger partial charge on any atom is -0.484 e. The molecule has 1 fully saturated rings. The number of aryl methyl sites for hydroxylation is 3. The van der Waals surface area contributed by atoms with Crippen LogP contribution in [0.1, 0.15) is 16.7 Å². The summed E-state index contributed by atoms with van der Waals surface area (Å²) in [5.41, 5.74) is 3.47. The van der Waals surface area contributed by atoms with Crippen molar-refractivity contribution in [2.45, 2.75) is 20.8 Å².